The first kappa shape index (κ1) is 21.5. The van der Waals surface area contributed by atoms with Gasteiger partial charge in [-0.25, -0.2) is 0 Å². The number of nitrogens with zero attached hydrogens (tertiary/aromatic N) is 1. The molecule has 0 fully saturated rings. The molecule has 0 spiro atoms. The van der Waals surface area contributed by atoms with Crippen molar-refractivity contribution < 1.29 is 4.74 Å². The van der Waals surface area contributed by atoms with Gasteiger partial charge in [0.25, 0.3) is 0 Å². The molecule has 3 aromatic carbocycles. The number of hydrogen-bond donors (Lipinski definition) is 0. The molecule has 3 heteroatoms. The Hall–Kier alpha value is -3.32. The van der Waals surface area contributed by atoms with Gasteiger partial charge < -0.3 is 4.74 Å². The molecule has 0 radical (unpaired) electrons. The molecular formula is C30H26NOP. The second-order valence-corrected chi connectivity index (χ2v) is 10.2. The summed E-state index contributed by atoms with van der Waals surface area (Å²) in [5.41, 5.74) is 2.13. The van der Waals surface area contributed by atoms with Crippen LogP contribution in [-0.4, -0.2) is 4.98 Å². The lowest BCUT2D eigenvalue weighted by Crippen LogP contribution is -2.21. The van der Waals surface area contributed by atoms with E-state index in [1.165, 1.54) is 21.5 Å². The van der Waals surface area contributed by atoms with Gasteiger partial charge in [-0.05, 0) is 41.5 Å². The van der Waals surface area contributed by atoms with Crippen molar-refractivity contribution >= 4 is 18.5 Å². The van der Waals surface area contributed by atoms with Crippen LogP contribution in [0.3, 0.4) is 0 Å². The summed E-state index contributed by atoms with van der Waals surface area (Å²) in [5.74, 6) is 0.120. The van der Waals surface area contributed by atoms with Gasteiger partial charge >= 0.3 is 0 Å². The van der Waals surface area contributed by atoms with Gasteiger partial charge in [0.1, 0.15) is 6.10 Å². The minimum Gasteiger partial charge on any atom is -0.366 e. The van der Waals surface area contributed by atoms with E-state index < -0.39 is 7.92 Å². The zero-order chi connectivity index (χ0) is 22.3. The molecule has 0 saturated heterocycles. The van der Waals surface area contributed by atoms with Crippen LogP contribution < -0.4 is 10.6 Å². The Balaban J connectivity index is 1.52. The third-order valence-corrected chi connectivity index (χ3v) is 8.38. The van der Waals surface area contributed by atoms with Crippen LogP contribution in [0.25, 0.3) is 0 Å². The smallest absolute Gasteiger partial charge is 0.110 e. The lowest BCUT2D eigenvalue weighted by molar-refractivity contribution is 0.0199. The van der Waals surface area contributed by atoms with E-state index in [0.717, 1.165) is 5.69 Å². The van der Waals surface area contributed by atoms with E-state index in [2.05, 4.69) is 109 Å². The van der Waals surface area contributed by atoms with Crippen LogP contribution in [-0.2, 0) is 11.3 Å². The van der Waals surface area contributed by atoms with E-state index >= 15 is 0 Å². The summed E-state index contributed by atoms with van der Waals surface area (Å²) in [7, 11) is -0.688. The predicted molar refractivity (Wildman–Crippen MR) is 138 cm³/mol. The van der Waals surface area contributed by atoms with Crippen LogP contribution >= 0.6 is 7.92 Å². The zero-order valence-electron chi connectivity index (χ0n) is 18.4. The molecule has 1 heterocycles. The number of benzene rings is 3. The molecule has 33 heavy (non-hydrogen) atoms. The highest BCUT2D eigenvalue weighted by atomic mass is 31.1. The Bertz CT molecular complexity index is 1170. The van der Waals surface area contributed by atoms with Crippen LogP contribution in [0.2, 0.25) is 0 Å². The van der Waals surface area contributed by atoms with Crippen molar-refractivity contribution in [2.45, 2.75) is 12.7 Å². The van der Waals surface area contributed by atoms with Crippen molar-refractivity contribution in [1.82, 2.24) is 4.98 Å². The molecule has 0 saturated carbocycles. The summed E-state index contributed by atoms with van der Waals surface area (Å²) in [4.78, 5) is 4.70. The topological polar surface area (TPSA) is 22.1 Å². The van der Waals surface area contributed by atoms with Gasteiger partial charge in [-0.2, -0.15) is 0 Å². The minimum absolute atomic E-state index is 0.120. The summed E-state index contributed by atoms with van der Waals surface area (Å²) in [6.45, 7) is 0.550. The van der Waals surface area contributed by atoms with Crippen molar-refractivity contribution in [3.8, 4) is 0 Å². The Morgan fingerprint density at radius 2 is 1.33 bits per heavy atom. The van der Waals surface area contributed by atoms with Gasteiger partial charge in [0, 0.05) is 12.1 Å². The van der Waals surface area contributed by atoms with Crippen LogP contribution in [0.15, 0.2) is 139 Å². The molecule has 1 aliphatic carbocycles. The Morgan fingerprint density at radius 1 is 0.727 bits per heavy atom. The zero-order valence-corrected chi connectivity index (χ0v) is 19.3. The minimum atomic E-state index is -0.688. The number of hydrogen-bond acceptors (Lipinski definition) is 2. The van der Waals surface area contributed by atoms with E-state index in [9.17, 15) is 0 Å². The maximum Gasteiger partial charge on any atom is 0.110 e. The van der Waals surface area contributed by atoms with Crippen molar-refractivity contribution in [2.24, 2.45) is 5.92 Å². The molecule has 2 nitrogen and oxygen atoms in total. The molecule has 1 aliphatic rings. The summed E-state index contributed by atoms with van der Waals surface area (Å²) in [5, 5.41) is 4.09. The highest BCUT2D eigenvalue weighted by Crippen LogP contribution is 2.52. The van der Waals surface area contributed by atoms with Gasteiger partial charge in [0.2, 0.25) is 0 Å². The maximum absolute atomic E-state index is 6.61. The standard InChI is InChI=1S/C30H26NOP/c1-4-13-24(14-5-1)23-32-30(28-20-10-11-22-31-28)27-19-12-21-29(27)33(25-15-6-2-7-16-25)26-17-8-3-9-18-26/h1-22,27,30H,23H2/t27?,30-/m0/s1. The SMILES string of the molecule is C1=CC([C@H](OCc2ccccc2)c2ccccn2)C(P(c2ccccc2)c2ccccc2)=C1. The Morgan fingerprint density at radius 3 is 1.94 bits per heavy atom. The molecule has 2 atom stereocenters. The first-order valence-corrected chi connectivity index (χ1v) is 12.6. The summed E-state index contributed by atoms with van der Waals surface area (Å²) in [6, 6.07) is 38.1. The first-order valence-electron chi connectivity index (χ1n) is 11.3. The molecule has 0 N–H and O–H groups in total. The third kappa shape index (κ3) is 5.03. The molecule has 0 bridgehead atoms. The lowest BCUT2D eigenvalue weighted by atomic mass is 10.0. The molecule has 162 valence electrons. The molecule has 1 unspecified atom stereocenters. The quantitative estimate of drug-likeness (QED) is 0.286. The average molecular weight is 448 g/mol. The van der Waals surface area contributed by atoms with E-state index in [1.807, 2.05) is 24.4 Å². The van der Waals surface area contributed by atoms with Crippen molar-refractivity contribution in [1.29, 1.82) is 0 Å². The van der Waals surface area contributed by atoms with Gasteiger partial charge in [-0.3, -0.25) is 4.98 Å². The van der Waals surface area contributed by atoms with E-state index in [1.54, 1.807) is 0 Å². The third-order valence-electron chi connectivity index (χ3n) is 5.79. The Labute approximate surface area is 197 Å². The molecule has 5 rings (SSSR count). The summed E-state index contributed by atoms with van der Waals surface area (Å²) in [6.07, 6.45) is 8.45. The van der Waals surface area contributed by atoms with Gasteiger partial charge in [0.15, 0.2) is 0 Å². The van der Waals surface area contributed by atoms with Crippen molar-refractivity contribution in [3.05, 3.63) is 150 Å². The number of aromatic nitrogens is 1. The summed E-state index contributed by atoms with van der Waals surface area (Å²) < 4.78 is 6.61. The fourth-order valence-electron chi connectivity index (χ4n) is 4.24. The number of pyridine rings is 1. The Kier molecular flexibility index (Phi) is 6.87. The molecule has 1 aromatic heterocycles. The van der Waals surface area contributed by atoms with Gasteiger partial charge in [0.05, 0.1) is 12.3 Å². The maximum atomic E-state index is 6.61. The van der Waals surface area contributed by atoms with E-state index in [4.69, 9.17) is 9.72 Å². The predicted octanol–water partition coefficient (Wildman–Crippen LogP) is 6.54. The monoisotopic (exact) mass is 447 g/mol. The average Bonchev–Trinajstić information content (AvgIpc) is 3.36. The van der Waals surface area contributed by atoms with Crippen LogP contribution in [0.4, 0.5) is 0 Å². The fourth-order valence-corrected chi connectivity index (χ4v) is 6.83. The van der Waals surface area contributed by atoms with Gasteiger partial charge in [-0.15, -0.1) is 0 Å². The van der Waals surface area contributed by atoms with E-state index in [-0.39, 0.29) is 12.0 Å². The second kappa shape index (κ2) is 10.5. The fraction of sp³-hybridized carbons (Fsp3) is 0.100. The lowest BCUT2D eigenvalue weighted by Gasteiger charge is -2.30. The molecule has 0 amide bonds. The molecule has 0 aliphatic heterocycles. The van der Waals surface area contributed by atoms with Crippen molar-refractivity contribution in [2.75, 3.05) is 0 Å². The largest absolute Gasteiger partial charge is 0.366 e. The first-order chi connectivity index (χ1) is 16.4. The molecular weight excluding hydrogens is 421 g/mol. The van der Waals surface area contributed by atoms with E-state index in [0.29, 0.717) is 6.61 Å². The highest BCUT2D eigenvalue weighted by molar-refractivity contribution is 7.76. The van der Waals surface area contributed by atoms with Gasteiger partial charge in [-0.1, -0.05) is 115 Å². The van der Waals surface area contributed by atoms with Crippen LogP contribution in [0, 0.1) is 5.92 Å². The highest BCUT2D eigenvalue weighted by Gasteiger charge is 2.33. The second-order valence-electron chi connectivity index (χ2n) is 7.98. The number of rotatable bonds is 8. The normalized spacial score (nSPS) is 16.0. The summed E-state index contributed by atoms with van der Waals surface area (Å²) >= 11 is 0. The van der Waals surface area contributed by atoms with Crippen LogP contribution in [0.5, 0.6) is 0 Å². The number of allylic oxidation sites excluding steroid dienone is 2. The van der Waals surface area contributed by atoms with Crippen LogP contribution in [0.1, 0.15) is 17.4 Å². The number of ether oxygens (including phenoxy) is 1. The molecule has 4 aromatic rings. The van der Waals surface area contributed by atoms with Crippen molar-refractivity contribution in [3.63, 3.8) is 0 Å².